The van der Waals surface area contributed by atoms with E-state index in [2.05, 4.69) is 0 Å². The van der Waals surface area contributed by atoms with Gasteiger partial charge in [-0.1, -0.05) is 24.6 Å². The minimum atomic E-state index is -0.971. The molecule has 0 radical (unpaired) electrons. The molecule has 0 spiro atoms. The van der Waals surface area contributed by atoms with Crippen molar-refractivity contribution in [3.05, 3.63) is 28.8 Å². The number of rotatable bonds is 3. The Balaban J connectivity index is 3.17. The van der Waals surface area contributed by atoms with Gasteiger partial charge < -0.3 is 5.11 Å². The van der Waals surface area contributed by atoms with Crippen LogP contribution in [0.2, 0.25) is 5.02 Å². The van der Waals surface area contributed by atoms with Crippen LogP contribution in [0, 0.1) is 0 Å². The third kappa shape index (κ3) is 2.39. The highest BCUT2D eigenvalue weighted by atomic mass is 35.5. The lowest BCUT2D eigenvalue weighted by atomic mass is 10.2. The molecule has 13 heavy (non-hydrogen) atoms. The number of hydrogen-bond donors (Lipinski definition) is 1. The molecule has 1 aromatic carbocycles. The second kappa shape index (κ2) is 4.53. The number of carboxylic acids is 1. The van der Waals surface area contributed by atoms with Crippen LogP contribution in [0.5, 0.6) is 0 Å². The van der Waals surface area contributed by atoms with E-state index < -0.39 is 5.97 Å². The van der Waals surface area contributed by atoms with Gasteiger partial charge in [-0.05, 0) is 17.9 Å². The number of carbonyl (C=O) groups is 1. The number of hydrogen-bond acceptors (Lipinski definition) is 2. The van der Waals surface area contributed by atoms with Gasteiger partial charge in [-0.25, -0.2) is 4.79 Å². The number of carboxylic acid groups (broad SMARTS) is 1. The molecule has 0 aromatic heterocycles. The van der Waals surface area contributed by atoms with Crippen molar-refractivity contribution in [2.45, 2.75) is 11.8 Å². The van der Waals surface area contributed by atoms with Gasteiger partial charge in [0.15, 0.2) is 0 Å². The molecule has 0 amide bonds. The molecule has 0 fully saturated rings. The Kier molecular flexibility index (Phi) is 3.63. The largest absolute Gasteiger partial charge is 0.478 e. The van der Waals surface area contributed by atoms with Crippen molar-refractivity contribution in [1.29, 1.82) is 0 Å². The topological polar surface area (TPSA) is 37.3 Å². The molecule has 1 aromatic rings. The molecule has 1 N–H and O–H groups in total. The number of thioether (sulfide) groups is 1. The van der Waals surface area contributed by atoms with Crippen LogP contribution in [-0.2, 0) is 0 Å². The van der Waals surface area contributed by atoms with E-state index in [0.717, 1.165) is 10.6 Å². The van der Waals surface area contributed by atoms with Gasteiger partial charge in [-0.2, -0.15) is 0 Å². The molecule has 0 aliphatic heterocycles. The first kappa shape index (κ1) is 10.4. The van der Waals surface area contributed by atoms with Crippen molar-refractivity contribution >= 4 is 29.3 Å². The zero-order valence-corrected chi connectivity index (χ0v) is 8.65. The van der Waals surface area contributed by atoms with Crippen molar-refractivity contribution in [3.8, 4) is 0 Å². The monoisotopic (exact) mass is 216 g/mol. The van der Waals surface area contributed by atoms with Gasteiger partial charge in [0.1, 0.15) is 0 Å². The molecule has 70 valence electrons. The SMILES string of the molecule is CCSc1cccc(Cl)c1C(=O)O. The fraction of sp³-hybridized carbons (Fsp3) is 0.222. The van der Waals surface area contributed by atoms with Gasteiger partial charge in [0.25, 0.3) is 0 Å². The molecular weight excluding hydrogens is 208 g/mol. The van der Waals surface area contributed by atoms with E-state index in [1.807, 2.05) is 6.92 Å². The third-order valence-corrected chi connectivity index (χ3v) is 2.74. The Morgan fingerprint density at radius 2 is 2.31 bits per heavy atom. The van der Waals surface area contributed by atoms with Gasteiger partial charge in [0.05, 0.1) is 10.6 Å². The molecule has 0 atom stereocenters. The third-order valence-electron chi connectivity index (χ3n) is 1.49. The Morgan fingerprint density at radius 1 is 1.62 bits per heavy atom. The van der Waals surface area contributed by atoms with Crippen LogP contribution in [0.25, 0.3) is 0 Å². The first-order valence-corrected chi connectivity index (χ1v) is 5.17. The smallest absolute Gasteiger partial charge is 0.338 e. The predicted octanol–water partition coefficient (Wildman–Crippen LogP) is 3.15. The molecule has 0 heterocycles. The average Bonchev–Trinajstić information content (AvgIpc) is 2.04. The zero-order chi connectivity index (χ0) is 9.84. The van der Waals surface area contributed by atoms with E-state index in [9.17, 15) is 4.79 Å². The Labute approximate surface area is 85.9 Å². The summed E-state index contributed by atoms with van der Waals surface area (Å²) < 4.78 is 0. The van der Waals surface area contributed by atoms with Crippen LogP contribution < -0.4 is 0 Å². The van der Waals surface area contributed by atoms with Crippen LogP contribution in [-0.4, -0.2) is 16.8 Å². The van der Waals surface area contributed by atoms with Gasteiger partial charge in [0.2, 0.25) is 0 Å². The first-order chi connectivity index (χ1) is 6.16. The predicted molar refractivity (Wildman–Crippen MR) is 54.8 cm³/mol. The van der Waals surface area contributed by atoms with Gasteiger partial charge in [-0.3, -0.25) is 0 Å². The summed E-state index contributed by atoms with van der Waals surface area (Å²) in [7, 11) is 0. The van der Waals surface area contributed by atoms with Crippen LogP contribution in [0.15, 0.2) is 23.1 Å². The van der Waals surface area contributed by atoms with Crippen molar-refractivity contribution in [2.75, 3.05) is 5.75 Å². The maximum Gasteiger partial charge on any atom is 0.338 e. The summed E-state index contributed by atoms with van der Waals surface area (Å²) >= 11 is 7.25. The highest BCUT2D eigenvalue weighted by Gasteiger charge is 2.13. The highest BCUT2D eigenvalue weighted by Crippen LogP contribution is 2.28. The van der Waals surface area contributed by atoms with Crippen molar-refractivity contribution in [1.82, 2.24) is 0 Å². The van der Waals surface area contributed by atoms with E-state index in [4.69, 9.17) is 16.7 Å². The van der Waals surface area contributed by atoms with Crippen molar-refractivity contribution in [3.63, 3.8) is 0 Å². The van der Waals surface area contributed by atoms with Gasteiger partial charge in [-0.15, -0.1) is 11.8 Å². The lowest BCUT2D eigenvalue weighted by molar-refractivity contribution is 0.0693. The molecule has 0 saturated heterocycles. The van der Waals surface area contributed by atoms with Crippen LogP contribution >= 0.6 is 23.4 Å². The minimum absolute atomic E-state index is 0.205. The minimum Gasteiger partial charge on any atom is -0.478 e. The molecule has 0 aliphatic rings. The molecule has 0 aliphatic carbocycles. The fourth-order valence-corrected chi connectivity index (χ4v) is 2.13. The lowest BCUT2D eigenvalue weighted by Crippen LogP contribution is -1.99. The van der Waals surface area contributed by atoms with Crippen LogP contribution in [0.1, 0.15) is 17.3 Å². The summed E-state index contributed by atoms with van der Waals surface area (Å²) in [6, 6.07) is 5.11. The highest BCUT2D eigenvalue weighted by molar-refractivity contribution is 7.99. The van der Waals surface area contributed by atoms with Crippen LogP contribution in [0.4, 0.5) is 0 Å². The van der Waals surface area contributed by atoms with Crippen LogP contribution in [0.3, 0.4) is 0 Å². The second-order valence-corrected chi connectivity index (χ2v) is 4.06. The van der Waals surface area contributed by atoms with E-state index in [-0.39, 0.29) is 5.56 Å². The Bertz CT molecular complexity index is 325. The summed E-state index contributed by atoms with van der Waals surface area (Å²) in [6.07, 6.45) is 0. The standard InChI is InChI=1S/C9H9ClO2S/c1-2-13-7-5-3-4-6(10)8(7)9(11)12/h3-5H,2H2,1H3,(H,11,12). The normalized spacial score (nSPS) is 10.0. The van der Waals surface area contributed by atoms with Gasteiger partial charge in [0, 0.05) is 4.90 Å². The quantitative estimate of drug-likeness (QED) is 0.789. The molecule has 4 heteroatoms. The maximum atomic E-state index is 10.8. The summed E-state index contributed by atoms with van der Waals surface area (Å²) in [5.74, 6) is -0.137. The summed E-state index contributed by atoms with van der Waals surface area (Å²) in [6.45, 7) is 1.97. The number of benzene rings is 1. The maximum absolute atomic E-state index is 10.8. The van der Waals surface area contributed by atoms with E-state index in [0.29, 0.717) is 5.02 Å². The molecule has 0 bridgehead atoms. The zero-order valence-electron chi connectivity index (χ0n) is 7.08. The second-order valence-electron chi connectivity index (χ2n) is 2.35. The lowest BCUT2D eigenvalue weighted by Gasteiger charge is -2.04. The van der Waals surface area contributed by atoms with E-state index in [1.165, 1.54) is 11.8 Å². The van der Waals surface area contributed by atoms with Crippen molar-refractivity contribution in [2.24, 2.45) is 0 Å². The molecule has 2 nitrogen and oxygen atoms in total. The van der Waals surface area contributed by atoms with Crippen molar-refractivity contribution < 1.29 is 9.90 Å². The summed E-state index contributed by atoms with van der Waals surface area (Å²) in [4.78, 5) is 11.5. The molecule has 0 saturated carbocycles. The molecule has 1 rings (SSSR count). The Hall–Kier alpha value is -0.670. The van der Waals surface area contributed by atoms with E-state index >= 15 is 0 Å². The molecular formula is C9H9ClO2S. The molecule has 0 unspecified atom stereocenters. The summed E-state index contributed by atoms with van der Waals surface area (Å²) in [5.41, 5.74) is 0.205. The summed E-state index contributed by atoms with van der Waals surface area (Å²) in [5, 5.41) is 9.17. The fourth-order valence-electron chi connectivity index (χ4n) is 0.988. The van der Waals surface area contributed by atoms with Gasteiger partial charge >= 0.3 is 5.97 Å². The average molecular weight is 217 g/mol. The van der Waals surface area contributed by atoms with E-state index in [1.54, 1.807) is 18.2 Å². The number of halogens is 1. The Morgan fingerprint density at radius 3 is 2.85 bits per heavy atom. The number of aromatic carboxylic acids is 1. The first-order valence-electron chi connectivity index (χ1n) is 3.81.